The number of benzene rings is 2. The largest absolute Gasteiger partial charge is 0.464 e. The summed E-state index contributed by atoms with van der Waals surface area (Å²) in [7, 11) is 0. The van der Waals surface area contributed by atoms with Gasteiger partial charge in [0.15, 0.2) is 0 Å². The molecular formula is C25H31Cl3FNO3. The number of halogens is 4. The number of carbonyl (C=O) groups is 1. The van der Waals surface area contributed by atoms with E-state index in [1.54, 1.807) is 0 Å². The van der Waals surface area contributed by atoms with E-state index in [9.17, 15) is 9.18 Å². The van der Waals surface area contributed by atoms with Crippen molar-refractivity contribution in [2.75, 3.05) is 32.8 Å². The van der Waals surface area contributed by atoms with Gasteiger partial charge in [0, 0.05) is 30.2 Å². The van der Waals surface area contributed by atoms with Crippen LogP contribution in [0.2, 0.25) is 10.0 Å². The Bertz CT molecular complexity index is 924. The molecule has 0 saturated carbocycles. The zero-order valence-corrected chi connectivity index (χ0v) is 21.5. The second-order valence-electron chi connectivity index (χ2n) is 8.68. The minimum Gasteiger partial charge on any atom is -0.464 e. The number of carbonyl (C=O) groups excluding carboxylic acids is 1. The first-order valence-corrected chi connectivity index (χ1v) is 11.7. The molecule has 0 N–H and O–H groups in total. The fourth-order valence-corrected chi connectivity index (χ4v) is 4.33. The number of hydrogen-bond donors (Lipinski definition) is 0. The number of rotatable bonds is 8. The van der Waals surface area contributed by atoms with Crippen molar-refractivity contribution in [2.24, 2.45) is 5.92 Å². The Kier molecular flexibility index (Phi) is 10.9. The lowest BCUT2D eigenvalue weighted by molar-refractivity contribution is -0.146. The number of hydrogen-bond acceptors (Lipinski definition) is 4. The van der Waals surface area contributed by atoms with Gasteiger partial charge in [-0.1, -0.05) is 61.3 Å². The number of ether oxygens (including phenoxy) is 2. The van der Waals surface area contributed by atoms with Crippen molar-refractivity contribution in [1.82, 2.24) is 4.90 Å². The van der Waals surface area contributed by atoms with Gasteiger partial charge in [-0.2, -0.15) is 0 Å². The van der Waals surface area contributed by atoms with Gasteiger partial charge in [0.1, 0.15) is 12.4 Å². The van der Waals surface area contributed by atoms with E-state index in [0.717, 1.165) is 12.0 Å². The van der Waals surface area contributed by atoms with E-state index in [2.05, 4.69) is 30.9 Å². The van der Waals surface area contributed by atoms with Crippen LogP contribution >= 0.6 is 35.6 Å². The Hall–Kier alpha value is -1.37. The molecule has 0 radical (unpaired) electrons. The number of esters is 1. The van der Waals surface area contributed by atoms with Gasteiger partial charge in [-0.05, 0) is 42.5 Å². The van der Waals surface area contributed by atoms with E-state index in [4.69, 9.17) is 32.7 Å². The van der Waals surface area contributed by atoms with E-state index >= 15 is 0 Å². The van der Waals surface area contributed by atoms with Crippen LogP contribution in [0.3, 0.4) is 0 Å². The van der Waals surface area contributed by atoms with Crippen LogP contribution in [0.4, 0.5) is 4.39 Å². The van der Waals surface area contributed by atoms with Gasteiger partial charge in [0.05, 0.1) is 23.7 Å². The Morgan fingerprint density at radius 3 is 2.55 bits per heavy atom. The lowest BCUT2D eigenvalue weighted by Gasteiger charge is -2.33. The van der Waals surface area contributed by atoms with E-state index in [1.165, 1.54) is 17.7 Å². The molecule has 1 heterocycles. The second-order valence-corrected chi connectivity index (χ2v) is 9.49. The first kappa shape index (κ1) is 27.9. The zero-order valence-electron chi connectivity index (χ0n) is 19.2. The molecule has 2 aromatic carbocycles. The molecule has 0 aromatic heterocycles. The molecule has 1 aliphatic heterocycles. The highest BCUT2D eigenvalue weighted by Gasteiger charge is 2.25. The first-order valence-electron chi connectivity index (χ1n) is 11.0. The van der Waals surface area contributed by atoms with Gasteiger partial charge in [-0.25, -0.2) is 4.39 Å². The third-order valence-electron chi connectivity index (χ3n) is 5.67. The van der Waals surface area contributed by atoms with Crippen molar-refractivity contribution in [3.05, 3.63) is 69.0 Å². The fourth-order valence-electron chi connectivity index (χ4n) is 3.83. The van der Waals surface area contributed by atoms with Gasteiger partial charge in [-0.15, -0.1) is 12.4 Å². The smallest absolute Gasteiger partial charge is 0.313 e. The van der Waals surface area contributed by atoms with Crippen LogP contribution in [-0.2, 0) is 20.7 Å². The van der Waals surface area contributed by atoms with Gasteiger partial charge >= 0.3 is 5.97 Å². The molecular weight excluding hydrogens is 488 g/mol. The van der Waals surface area contributed by atoms with Gasteiger partial charge in [-0.3, -0.25) is 9.69 Å². The maximum absolute atomic E-state index is 13.9. The van der Waals surface area contributed by atoms with Crippen molar-refractivity contribution >= 4 is 41.6 Å². The van der Waals surface area contributed by atoms with E-state index in [1.807, 2.05) is 19.1 Å². The van der Waals surface area contributed by atoms with Crippen molar-refractivity contribution in [3.8, 4) is 0 Å². The molecule has 4 nitrogen and oxygen atoms in total. The SMILES string of the molecule is CC(C)Cc1ccc(C(C)C(=O)OCCN2CCOC(c3cc(F)c(Cl)cc3Cl)C2)cc1.Cl. The summed E-state index contributed by atoms with van der Waals surface area (Å²) in [5, 5.41) is 0.366. The topological polar surface area (TPSA) is 38.8 Å². The Balaban J connectivity index is 0.00000385. The van der Waals surface area contributed by atoms with Crippen LogP contribution in [0.25, 0.3) is 0 Å². The predicted molar refractivity (Wildman–Crippen MR) is 133 cm³/mol. The van der Waals surface area contributed by atoms with Gasteiger partial charge < -0.3 is 9.47 Å². The minimum atomic E-state index is -0.521. The molecule has 2 aromatic rings. The predicted octanol–water partition coefficient (Wildman–Crippen LogP) is 6.47. The maximum Gasteiger partial charge on any atom is 0.313 e. The molecule has 2 atom stereocenters. The molecule has 1 aliphatic rings. The third-order valence-corrected chi connectivity index (χ3v) is 6.28. The zero-order chi connectivity index (χ0) is 23.3. The molecule has 0 amide bonds. The number of morpholine rings is 1. The third kappa shape index (κ3) is 7.83. The van der Waals surface area contributed by atoms with Gasteiger partial charge in [0.25, 0.3) is 0 Å². The van der Waals surface area contributed by atoms with Crippen molar-refractivity contribution in [1.29, 1.82) is 0 Å². The number of nitrogens with zero attached hydrogens (tertiary/aromatic N) is 1. The van der Waals surface area contributed by atoms with Crippen LogP contribution in [0.5, 0.6) is 0 Å². The maximum atomic E-state index is 13.9. The van der Waals surface area contributed by atoms with Crippen LogP contribution in [-0.4, -0.2) is 43.7 Å². The molecule has 2 unspecified atom stereocenters. The van der Waals surface area contributed by atoms with Crippen molar-refractivity contribution in [2.45, 2.75) is 39.2 Å². The average molecular weight is 519 g/mol. The minimum absolute atomic E-state index is 0. The molecule has 33 heavy (non-hydrogen) atoms. The standard InChI is InChI=1S/C25H30Cl2FNO3.ClH/c1-16(2)12-18-4-6-19(7-5-18)17(3)25(30)32-11-9-29-8-10-31-24(15-29)20-13-23(28)22(27)14-21(20)26;/h4-7,13-14,16-17,24H,8-12,15H2,1-3H3;1H. The molecule has 182 valence electrons. The summed E-state index contributed by atoms with van der Waals surface area (Å²) in [6.45, 7) is 8.81. The summed E-state index contributed by atoms with van der Waals surface area (Å²) in [6.07, 6.45) is 0.662. The summed E-state index contributed by atoms with van der Waals surface area (Å²) in [6, 6.07) is 10.9. The lowest BCUT2D eigenvalue weighted by Crippen LogP contribution is -2.40. The molecule has 1 fully saturated rings. The highest BCUT2D eigenvalue weighted by atomic mass is 35.5. The molecule has 3 rings (SSSR count). The van der Waals surface area contributed by atoms with Gasteiger partial charge in [0.2, 0.25) is 0 Å². The second kappa shape index (κ2) is 12.9. The summed E-state index contributed by atoms with van der Waals surface area (Å²) >= 11 is 12.0. The van der Waals surface area contributed by atoms with Crippen LogP contribution in [0.15, 0.2) is 36.4 Å². The fraction of sp³-hybridized carbons (Fsp3) is 0.480. The first-order chi connectivity index (χ1) is 15.2. The van der Waals surface area contributed by atoms with Crippen LogP contribution in [0.1, 0.15) is 49.5 Å². The summed E-state index contributed by atoms with van der Waals surface area (Å²) in [4.78, 5) is 14.6. The molecule has 0 spiro atoms. The molecule has 0 aliphatic carbocycles. The van der Waals surface area contributed by atoms with E-state index in [0.29, 0.717) is 42.7 Å². The van der Waals surface area contributed by atoms with E-state index in [-0.39, 0.29) is 42.0 Å². The quantitative estimate of drug-likeness (QED) is 0.296. The lowest BCUT2D eigenvalue weighted by atomic mass is 9.97. The Morgan fingerprint density at radius 1 is 1.18 bits per heavy atom. The van der Waals surface area contributed by atoms with Crippen molar-refractivity contribution < 1.29 is 18.7 Å². The summed E-state index contributed by atoms with van der Waals surface area (Å²) in [5.41, 5.74) is 2.80. The Labute approximate surface area is 211 Å². The highest BCUT2D eigenvalue weighted by Crippen LogP contribution is 2.32. The Morgan fingerprint density at radius 2 is 1.88 bits per heavy atom. The summed E-state index contributed by atoms with van der Waals surface area (Å²) in [5.74, 6) is -0.490. The summed E-state index contributed by atoms with van der Waals surface area (Å²) < 4.78 is 25.2. The van der Waals surface area contributed by atoms with E-state index < -0.39 is 5.82 Å². The highest BCUT2D eigenvalue weighted by molar-refractivity contribution is 6.35. The average Bonchev–Trinajstić information content (AvgIpc) is 2.76. The molecule has 0 bridgehead atoms. The molecule has 8 heteroatoms. The monoisotopic (exact) mass is 517 g/mol. The van der Waals surface area contributed by atoms with Crippen molar-refractivity contribution in [3.63, 3.8) is 0 Å². The molecule has 1 saturated heterocycles. The normalized spacial score (nSPS) is 17.5. The van der Waals surface area contributed by atoms with Crippen LogP contribution in [0, 0.1) is 11.7 Å². The van der Waals surface area contributed by atoms with Crippen LogP contribution < -0.4 is 0 Å².